The van der Waals surface area contributed by atoms with Crippen molar-refractivity contribution in [2.75, 3.05) is 19.0 Å². The van der Waals surface area contributed by atoms with Crippen molar-refractivity contribution < 1.29 is 17.2 Å². The Labute approximate surface area is 97.5 Å². The number of aromatic nitrogens is 1. The van der Waals surface area contributed by atoms with Gasteiger partial charge >= 0.3 is 0 Å². The van der Waals surface area contributed by atoms with Crippen LogP contribution in [-0.2, 0) is 10.0 Å². The van der Waals surface area contributed by atoms with Crippen molar-refractivity contribution in [3.8, 4) is 0 Å². The van der Waals surface area contributed by atoms with Crippen molar-refractivity contribution >= 4 is 15.7 Å². The van der Waals surface area contributed by atoms with Crippen LogP contribution in [0.2, 0.25) is 0 Å². The fourth-order valence-electron chi connectivity index (χ4n) is 1.15. The van der Waals surface area contributed by atoms with Gasteiger partial charge in [0.05, 0.1) is 12.2 Å². The number of hydrogen-bond acceptors (Lipinski definition) is 5. The van der Waals surface area contributed by atoms with E-state index in [0.717, 1.165) is 7.05 Å². The first kappa shape index (κ1) is 13.7. The zero-order valence-corrected chi connectivity index (χ0v) is 9.79. The summed E-state index contributed by atoms with van der Waals surface area (Å²) in [6.07, 6.45) is -1.52. The van der Waals surface area contributed by atoms with E-state index in [1.54, 1.807) is 0 Å². The summed E-state index contributed by atoms with van der Waals surface area (Å²) in [4.78, 5) is 3.63. The highest BCUT2D eigenvalue weighted by molar-refractivity contribution is 7.89. The van der Waals surface area contributed by atoms with Crippen molar-refractivity contribution in [2.45, 2.75) is 11.5 Å². The molecule has 6 nitrogen and oxygen atoms in total. The molecule has 9 heteroatoms. The van der Waals surface area contributed by atoms with Crippen LogP contribution in [0.25, 0.3) is 0 Å². The molecular formula is C8H12F2N4O2S. The first-order valence-corrected chi connectivity index (χ1v) is 5.99. The maximum absolute atomic E-state index is 12.1. The SMILES string of the molecule is CN(CC(F)F)S(=O)(=O)c1ncccc1NN. The summed E-state index contributed by atoms with van der Waals surface area (Å²) in [6, 6.07) is 2.86. The zero-order valence-electron chi connectivity index (χ0n) is 8.97. The van der Waals surface area contributed by atoms with E-state index < -0.39 is 23.0 Å². The number of nitrogens with zero attached hydrogens (tertiary/aromatic N) is 2. The molecule has 0 saturated carbocycles. The molecule has 0 aromatic carbocycles. The average Bonchev–Trinajstić information content (AvgIpc) is 2.28. The Balaban J connectivity index is 3.13. The van der Waals surface area contributed by atoms with Crippen LogP contribution in [0.5, 0.6) is 0 Å². The van der Waals surface area contributed by atoms with Gasteiger partial charge in [0.2, 0.25) is 0 Å². The topological polar surface area (TPSA) is 88.3 Å². The van der Waals surface area contributed by atoms with E-state index in [-0.39, 0.29) is 10.7 Å². The molecule has 0 fully saturated rings. The molecule has 17 heavy (non-hydrogen) atoms. The molecule has 0 unspecified atom stereocenters. The third-order valence-corrected chi connectivity index (χ3v) is 3.76. The molecule has 0 atom stereocenters. The Bertz CT molecular complexity index is 480. The predicted octanol–water partition coefficient (Wildman–Crippen LogP) is 0.253. The first-order valence-electron chi connectivity index (χ1n) is 4.55. The molecule has 0 aliphatic carbocycles. The summed E-state index contributed by atoms with van der Waals surface area (Å²) in [5.41, 5.74) is 2.20. The number of hydrogen-bond donors (Lipinski definition) is 2. The van der Waals surface area contributed by atoms with Crippen LogP contribution >= 0.6 is 0 Å². The number of rotatable bonds is 5. The van der Waals surface area contributed by atoms with Gasteiger partial charge in [-0.3, -0.25) is 5.84 Å². The number of halogens is 2. The molecule has 96 valence electrons. The van der Waals surface area contributed by atoms with Gasteiger partial charge in [-0.25, -0.2) is 22.2 Å². The predicted molar refractivity (Wildman–Crippen MR) is 57.9 cm³/mol. The van der Waals surface area contributed by atoms with Gasteiger partial charge in [-0.1, -0.05) is 0 Å². The van der Waals surface area contributed by atoms with Crippen LogP contribution in [0.15, 0.2) is 23.4 Å². The second-order valence-corrected chi connectivity index (χ2v) is 5.14. The summed E-state index contributed by atoms with van der Waals surface area (Å²) >= 11 is 0. The lowest BCUT2D eigenvalue weighted by Gasteiger charge is -2.17. The number of nitrogen functional groups attached to an aromatic ring is 1. The van der Waals surface area contributed by atoms with Crippen molar-refractivity contribution in [1.29, 1.82) is 0 Å². The maximum atomic E-state index is 12.1. The van der Waals surface area contributed by atoms with Crippen LogP contribution in [-0.4, -0.2) is 37.7 Å². The second kappa shape index (κ2) is 5.34. The van der Waals surface area contributed by atoms with Gasteiger partial charge in [0.1, 0.15) is 0 Å². The molecular weight excluding hydrogens is 254 g/mol. The molecule has 3 N–H and O–H groups in total. The molecule has 1 rings (SSSR count). The quantitative estimate of drug-likeness (QED) is 0.589. The lowest BCUT2D eigenvalue weighted by molar-refractivity contribution is 0.126. The van der Waals surface area contributed by atoms with Gasteiger partial charge in [0.15, 0.2) is 5.03 Å². The van der Waals surface area contributed by atoms with E-state index >= 15 is 0 Å². The maximum Gasteiger partial charge on any atom is 0.262 e. The molecule has 0 bridgehead atoms. The van der Waals surface area contributed by atoms with Crippen LogP contribution in [0.3, 0.4) is 0 Å². The molecule has 0 aliphatic rings. The zero-order chi connectivity index (χ0) is 13.1. The first-order chi connectivity index (χ1) is 7.89. The van der Waals surface area contributed by atoms with E-state index in [4.69, 9.17) is 5.84 Å². The largest absolute Gasteiger partial charge is 0.321 e. The number of anilines is 1. The lowest BCUT2D eigenvalue weighted by Crippen LogP contribution is -2.32. The monoisotopic (exact) mass is 266 g/mol. The molecule has 0 spiro atoms. The van der Waals surface area contributed by atoms with E-state index in [2.05, 4.69) is 10.4 Å². The van der Waals surface area contributed by atoms with Gasteiger partial charge in [-0.2, -0.15) is 4.31 Å². The van der Waals surface area contributed by atoms with Crippen LogP contribution in [0.4, 0.5) is 14.5 Å². The normalized spacial score (nSPS) is 12.1. The second-order valence-electron chi connectivity index (χ2n) is 3.18. The Hall–Kier alpha value is -1.32. The third kappa shape index (κ3) is 3.08. The number of nitrogens with one attached hydrogen (secondary N) is 1. The molecule has 1 aromatic heterocycles. The fraction of sp³-hybridized carbons (Fsp3) is 0.375. The molecule has 1 heterocycles. The Kier molecular flexibility index (Phi) is 4.32. The van der Waals surface area contributed by atoms with Gasteiger partial charge in [-0.15, -0.1) is 0 Å². The van der Waals surface area contributed by atoms with E-state index in [1.807, 2.05) is 0 Å². The number of pyridine rings is 1. The van der Waals surface area contributed by atoms with Crippen molar-refractivity contribution in [2.24, 2.45) is 5.84 Å². The van der Waals surface area contributed by atoms with Crippen LogP contribution in [0.1, 0.15) is 0 Å². The van der Waals surface area contributed by atoms with Crippen molar-refractivity contribution in [3.05, 3.63) is 18.3 Å². The summed E-state index contributed by atoms with van der Waals surface area (Å²) in [5, 5.41) is -0.384. The minimum atomic E-state index is -4.08. The smallest absolute Gasteiger partial charge is 0.262 e. The highest BCUT2D eigenvalue weighted by Gasteiger charge is 2.27. The molecule has 0 saturated heterocycles. The molecule has 0 aliphatic heterocycles. The number of alkyl halides is 2. The standard InChI is InChI=1S/C8H12F2N4O2S/c1-14(5-7(9)10)17(15,16)8-6(13-11)3-2-4-12-8/h2-4,7,13H,5,11H2,1H3. The fourth-order valence-corrected chi connectivity index (χ4v) is 2.35. The summed E-state index contributed by atoms with van der Waals surface area (Å²) in [6.45, 7) is -0.900. The summed E-state index contributed by atoms with van der Waals surface area (Å²) < 4.78 is 48.6. The number of nitrogens with two attached hydrogens (primary N) is 1. The number of hydrazine groups is 1. The van der Waals surface area contributed by atoms with Crippen molar-refractivity contribution in [1.82, 2.24) is 9.29 Å². The van der Waals surface area contributed by atoms with Crippen LogP contribution < -0.4 is 11.3 Å². The third-order valence-electron chi connectivity index (χ3n) is 1.98. The minimum Gasteiger partial charge on any atom is -0.321 e. The summed E-state index contributed by atoms with van der Waals surface area (Å²) in [5.74, 6) is 5.13. The van der Waals surface area contributed by atoms with Gasteiger partial charge in [0, 0.05) is 13.2 Å². The van der Waals surface area contributed by atoms with Crippen LogP contribution in [0, 0.1) is 0 Å². The summed E-state index contributed by atoms with van der Waals surface area (Å²) in [7, 11) is -3.03. The lowest BCUT2D eigenvalue weighted by atomic mass is 10.4. The molecule has 0 amide bonds. The Morgan fingerprint density at radius 2 is 2.24 bits per heavy atom. The van der Waals surface area contributed by atoms with E-state index in [0.29, 0.717) is 4.31 Å². The van der Waals surface area contributed by atoms with E-state index in [1.165, 1.54) is 18.3 Å². The average molecular weight is 266 g/mol. The van der Waals surface area contributed by atoms with Crippen molar-refractivity contribution in [3.63, 3.8) is 0 Å². The molecule has 0 radical (unpaired) electrons. The Morgan fingerprint density at radius 3 is 2.76 bits per heavy atom. The highest BCUT2D eigenvalue weighted by atomic mass is 32.2. The highest BCUT2D eigenvalue weighted by Crippen LogP contribution is 2.20. The number of sulfonamides is 1. The van der Waals surface area contributed by atoms with E-state index in [9.17, 15) is 17.2 Å². The Morgan fingerprint density at radius 1 is 1.59 bits per heavy atom. The van der Waals surface area contributed by atoms with Gasteiger partial charge in [-0.05, 0) is 12.1 Å². The van der Waals surface area contributed by atoms with Gasteiger partial charge in [0.25, 0.3) is 16.4 Å². The van der Waals surface area contributed by atoms with Gasteiger partial charge < -0.3 is 5.43 Å². The molecule has 1 aromatic rings. The minimum absolute atomic E-state index is 0.0496.